The maximum atomic E-state index is 12.8. The van der Waals surface area contributed by atoms with Crippen molar-refractivity contribution in [2.45, 2.75) is 17.5 Å². The molecule has 1 saturated heterocycles. The van der Waals surface area contributed by atoms with Crippen LogP contribution in [0.15, 0.2) is 46.9 Å². The Morgan fingerprint density at radius 2 is 1.81 bits per heavy atom. The van der Waals surface area contributed by atoms with Crippen LogP contribution in [-0.4, -0.2) is 61.1 Å². The van der Waals surface area contributed by atoms with Crippen molar-refractivity contribution in [2.24, 2.45) is 0 Å². The zero-order valence-electron chi connectivity index (χ0n) is 16.7. The van der Waals surface area contributed by atoms with Crippen LogP contribution in [0, 0.1) is 0 Å². The van der Waals surface area contributed by atoms with Crippen LogP contribution >= 0.6 is 11.3 Å². The number of amides is 1. The lowest BCUT2D eigenvalue weighted by Gasteiger charge is -2.35. The first kappa shape index (κ1) is 22.5. The van der Waals surface area contributed by atoms with E-state index in [4.69, 9.17) is 0 Å². The fourth-order valence-corrected chi connectivity index (χ4v) is 6.08. The van der Waals surface area contributed by atoms with Crippen molar-refractivity contribution in [1.29, 1.82) is 0 Å². The van der Waals surface area contributed by atoms with E-state index in [0.717, 1.165) is 12.3 Å². The van der Waals surface area contributed by atoms with Crippen LogP contribution in [0.2, 0.25) is 0 Å². The third kappa shape index (κ3) is 4.70. The largest absolute Gasteiger partial charge is 0.417 e. The summed E-state index contributed by atoms with van der Waals surface area (Å²) in [6.07, 6.45) is -3.79. The quantitative estimate of drug-likeness (QED) is 0.553. The third-order valence-corrected chi connectivity index (χ3v) is 8.03. The van der Waals surface area contributed by atoms with Crippen molar-refractivity contribution >= 4 is 43.1 Å². The van der Waals surface area contributed by atoms with Gasteiger partial charge in [-0.2, -0.15) is 13.2 Å². The molecule has 0 radical (unpaired) electrons. The van der Waals surface area contributed by atoms with Crippen LogP contribution in [0.5, 0.6) is 0 Å². The molecule has 170 valence electrons. The molecule has 3 heterocycles. The van der Waals surface area contributed by atoms with Crippen molar-refractivity contribution in [2.75, 3.05) is 36.8 Å². The zero-order chi connectivity index (χ0) is 22.9. The maximum Gasteiger partial charge on any atom is 0.417 e. The van der Waals surface area contributed by atoms with E-state index < -0.39 is 21.6 Å². The van der Waals surface area contributed by atoms with E-state index in [1.165, 1.54) is 23.5 Å². The summed E-state index contributed by atoms with van der Waals surface area (Å²) >= 11 is 1.24. The first-order valence-electron chi connectivity index (χ1n) is 9.76. The van der Waals surface area contributed by atoms with E-state index in [2.05, 4.69) is 9.97 Å². The molecule has 0 aliphatic carbocycles. The van der Waals surface area contributed by atoms with Crippen LogP contribution < -0.4 is 4.90 Å². The number of fused-ring (bicyclic) bond motifs is 1. The molecule has 4 rings (SSSR count). The SMILES string of the molecule is O=C(CCS(=O)(=O)c1cccc2ncsc12)N1CCN(c2ccc(C(F)(F)F)cn2)CC1. The van der Waals surface area contributed by atoms with Crippen molar-refractivity contribution in [3.63, 3.8) is 0 Å². The Balaban J connectivity index is 1.33. The highest BCUT2D eigenvalue weighted by atomic mass is 32.2. The second-order valence-electron chi connectivity index (χ2n) is 7.30. The van der Waals surface area contributed by atoms with Gasteiger partial charge >= 0.3 is 6.18 Å². The molecule has 1 aromatic carbocycles. The molecule has 1 aliphatic heterocycles. The molecule has 0 unspecified atom stereocenters. The van der Waals surface area contributed by atoms with Gasteiger partial charge < -0.3 is 9.80 Å². The number of hydrogen-bond acceptors (Lipinski definition) is 7. The number of aromatic nitrogens is 2. The molecule has 1 amide bonds. The maximum absolute atomic E-state index is 12.8. The highest BCUT2D eigenvalue weighted by molar-refractivity contribution is 7.91. The Kier molecular flexibility index (Phi) is 6.08. The minimum atomic E-state index is -4.44. The highest BCUT2D eigenvalue weighted by Gasteiger charge is 2.31. The molecule has 0 spiro atoms. The van der Waals surface area contributed by atoms with Crippen molar-refractivity contribution < 1.29 is 26.4 Å². The fourth-order valence-electron chi connectivity index (χ4n) is 3.52. The molecular formula is C20H19F3N4O3S2. The smallest absolute Gasteiger partial charge is 0.353 e. The highest BCUT2D eigenvalue weighted by Crippen LogP contribution is 2.30. The molecule has 0 N–H and O–H groups in total. The number of alkyl halides is 3. The Morgan fingerprint density at radius 1 is 1.06 bits per heavy atom. The van der Waals surface area contributed by atoms with Gasteiger partial charge in [-0.1, -0.05) is 6.07 Å². The molecule has 7 nitrogen and oxygen atoms in total. The van der Waals surface area contributed by atoms with Gasteiger partial charge in [0.15, 0.2) is 9.84 Å². The Hall–Kier alpha value is -2.73. The number of halogens is 3. The van der Waals surface area contributed by atoms with Crippen LogP contribution in [0.25, 0.3) is 10.2 Å². The number of carbonyl (C=O) groups excluding carboxylic acids is 1. The van der Waals surface area contributed by atoms with E-state index in [9.17, 15) is 26.4 Å². The lowest BCUT2D eigenvalue weighted by Crippen LogP contribution is -2.49. The first-order chi connectivity index (χ1) is 15.1. The van der Waals surface area contributed by atoms with Crippen LogP contribution in [0.3, 0.4) is 0 Å². The number of piperazine rings is 1. The van der Waals surface area contributed by atoms with E-state index >= 15 is 0 Å². The monoisotopic (exact) mass is 484 g/mol. The van der Waals surface area contributed by atoms with Crippen LogP contribution in [0.4, 0.5) is 19.0 Å². The summed E-state index contributed by atoms with van der Waals surface area (Å²) in [6.45, 7) is 1.48. The molecule has 12 heteroatoms. The number of anilines is 1. The molecule has 0 bridgehead atoms. The van der Waals surface area contributed by atoms with Gasteiger partial charge in [-0.05, 0) is 24.3 Å². The lowest BCUT2D eigenvalue weighted by atomic mass is 10.2. The third-order valence-electron chi connectivity index (χ3n) is 5.27. The Bertz CT molecular complexity index is 1220. The van der Waals surface area contributed by atoms with Crippen LogP contribution in [-0.2, 0) is 20.8 Å². The van der Waals surface area contributed by atoms with Gasteiger partial charge in [0.25, 0.3) is 0 Å². The summed E-state index contributed by atoms with van der Waals surface area (Å²) in [5.41, 5.74) is 1.38. The topological polar surface area (TPSA) is 83.5 Å². The standard InChI is InChI=1S/C20H19F3N4O3S2/c21-20(22,23)14-4-5-17(24-12-14)26-7-9-27(10-8-26)18(28)6-11-32(29,30)16-3-1-2-15-19(16)31-13-25-15/h1-5,12-13H,6-11H2. The molecule has 0 atom stereocenters. The molecule has 3 aromatic rings. The fraction of sp³-hybridized carbons (Fsp3) is 0.350. The molecule has 2 aromatic heterocycles. The Morgan fingerprint density at radius 3 is 2.47 bits per heavy atom. The van der Waals surface area contributed by atoms with Gasteiger partial charge in [-0.3, -0.25) is 4.79 Å². The van der Waals surface area contributed by atoms with Gasteiger partial charge in [0.05, 0.1) is 31.9 Å². The average molecular weight is 485 g/mol. The van der Waals surface area contributed by atoms with E-state index in [-0.39, 0.29) is 23.0 Å². The van der Waals surface area contributed by atoms with Gasteiger partial charge in [0, 0.05) is 38.8 Å². The lowest BCUT2D eigenvalue weighted by molar-refractivity contribution is -0.137. The number of pyridine rings is 1. The number of benzene rings is 1. The summed E-state index contributed by atoms with van der Waals surface area (Å²) in [6, 6.07) is 7.18. The molecule has 32 heavy (non-hydrogen) atoms. The molecular weight excluding hydrogens is 465 g/mol. The number of sulfone groups is 1. The summed E-state index contributed by atoms with van der Waals surface area (Å²) in [5, 5.41) is 0. The molecule has 0 saturated carbocycles. The normalized spacial score (nSPS) is 15.3. The molecule has 1 aliphatic rings. The van der Waals surface area contributed by atoms with Crippen molar-refractivity contribution in [1.82, 2.24) is 14.9 Å². The second kappa shape index (κ2) is 8.66. The van der Waals surface area contributed by atoms with Gasteiger partial charge in [-0.15, -0.1) is 11.3 Å². The number of thiazole rings is 1. The van der Waals surface area contributed by atoms with E-state index in [1.807, 2.05) is 0 Å². The number of hydrogen-bond donors (Lipinski definition) is 0. The van der Waals surface area contributed by atoms with Crippen molar-refractivity contribution in [3.05, 3.63) is 47.6 Å². The van der Waals surface area contributed by atoms with E-state index in [0.29, 0.717) is 42.2 Å². The summed E-state index contributed by atoms with van der Waals surface area (Å²) in [5.74, 6) is -0.167. The summed E-state index contributed by atoms with van der Waals surface area (Å²) in [4.78, 5) is 24.1. The van der Waals surface area contributed by atoms with Gasteiger partial charge in [0.1, 0.15) is 5.82 Å². The van der Waals surface area contributed by atoms with Crippen LogP contribution in [0.1, 0.15) is 12.0 Å². The number of rotatable bonds is 5. The minimum Gasteiger partial charge on any atom is -0.353 e. The summed E-state index contributed by atoms with van der Waals surface area (Å²) in [7, 11) is -3.65. The average Bonchev–Trinajstić information content (AvgIpc) is 3.26. The van der Waals surface area contributed by atoms with Gasteiger partial charge in [0.2, 0.25) is 5.91 Å². The predicted octanol–water partition coefficient (Wildman–Crippen LogP) is 3.22. The number of nitrogens with zero attached hydrogens (tertiary/aromatic N) is 4. The van der Waals surface area contributed by atoms with Crippen molar-refractivity contribution in [3.8, 4) is 0 Å². The molecule has 1 fully saturated rings. The second-order valence-corrected chi connectivity index (χ2v) is 10.2. The first-order valence-corrected chi connectivity index (χ1v) is 12.3. The predicted molar refractivity (Wildman–Crippen MR) is 114 cm³/mol. The van der Waals surface area contributed by atoms with Gasteiger partial charge in [-0.25, -0.2) is 18.4 Å². The minimum absolute atomic E-state index is 0.143. The Labute approximate surface area is 186 Å². The van der Waals surface area contributed by atoms with E-state index in [1.54, 1.807) is 27.4 Å². The summed E-state index contributed by atoms with van der Waals surface area (Å²) < 4.78 is 64.2. The zero-order valence-corrected chi connectivity index (χ0v) is 18.4. The number of carbonyl (C=O) groups is 1.